The Hall–Kier alpha value is -4.39. The van der Waals surface area contributed by atoms with Gasteiger partial charge in [-0.15, -0.1) is 0 Å². The van der Waals surface area contributed by atoms with E-state index < -0.39 is 18.4 Å². The minimum absolute atomic E-state index is 0.194. The van der Waals surface area contributed by atoms with Crippen LogP contribution >= 0.6 is 0 Å². The number of carboxylic acid groups (broad SMARTS) is 1. The number of carboxylic acids is 1. The van der Waals surface area contributed by atoms with Gasteiger partial charge in [0.1, 0.15) is 17.3 Å². The zero-order valence-corrected chi connectivity index (χ0v) is 20.2. The summed E-state index contributed by atoms with van der Waals surface area (Å²) < 4.78 is 26.5. The van der Waals surface area contributed by atoms with Crippen LogP contribution in [0.5, 0.6) is 5.75 Å². The van der Waals surface area contributed by atoms with Gasteiger partial charge >= 0.3 is 5.97 Å². The summed E-state index contributed by atoms with van der Waals surface area (Å²) in [4.78, 5) is 25.9. The number of nitrogen functional groups attached to an aromatic ring is 1. The number of likely N-dealkylation sites (N-methyl/N-ethyl adjacent to an activating group) is 1. The molecule has 0 unspecified atom stereocenters. The second kappa shape index (κ2) is 10.3. The first kappa shape index (κ1) is 24.3. The van der Waals surface area contributed by atoms with E-state index in [1.807, 2.05) is 22.9 Å². The molecule has 37 heavy (non-hydrogen) atoms. The first-order chi connectivity index (χ1) is 17.9. The van der Waals surface area contributed by atoms with Crippen LogP contribution in [-0.4, -0.2) is 88.5 Å². The lowest BCUT2D eigenvalue weighted by atomic mass is 10.2. The third-order valence-electron chi connectivity index (χ3n) is 6.20. The number of rotatable bonds is 9. The highest BCUT2D eigenvalue weighted by atomic mass is 19.1. The van der Waals surface area contributed by atoms with Crippen molar-refractivity contribution < 1.29 is 23.4 Å². The third kappa shape index (κ3) is 5.40. The number of aliphatic carboxylic acids is 1. The molecule has 0 atom stereocenters. The first-order valence-corrected chi connectivity index (χ1v) is 11.8. The molecule has 0 saturated carbocycles. The van der Waals surface area contributed by atoms with E-state index in [0.29, 0.717) is 48.4 Å². The van der Waals surface area contributed by atoms with E-state index in [1.165, 1.54) is 10.6 Å². The lowest BCUT2D eigenvalue weighted by molar-refractivity contribution is -0.139. The maximum atomic E-state index is 14.6. The Labute approximate surface area is 211 Å². The van der Waals surface area contributed by atoms with E-state index in [1.54, 1.807) is 30.5 Å². The normalized spacial score (nSPS) is 14.3. The Morgan fingerprint density at radius 1 is 1.22 bits per heavy atom. The number of fused-ring (bicyclic) bond motifs is 1. The summed E-state index contributed by atoms with van der Waals surface area (Å²) in [5.74, 6) is 0.0152. The number of hydrogen-bond acceptors (Lipinski definition) is 10. The summed E-state index contributed by atoms with van der Waals surface area (Å²) in [6.45, 7) is 3.81. The van der Waals surface area contributed by atoms with E-state index in [2.05, 4.69) is 20.0 Å². The van der Waals surface area contributed by atoms with Gasteiger partial charge in [-0.05, 0) is 24.3 Å². The smallest absolute Gasteiger partial charge is 0.341 e. The molecule has 0 aliphatic carbocycles. The molecular formula is C24H27FN8O4. The highest BCUT2D eigenvalue weighted by Crippen LogP contribution is 2.25. The highest BCUT2D eigenvalue weighted by molar-refractivity contribution is 5.68. The topological polar surface area (TPSA) is 138 Å². The maximum absolute atomic E-state index is 14.6. The number of aromatic nitrogens is 4. The average Bonchev–Trinajstić information content (AvgIpc) is 3.57. The molecule has 5 rings (SSSR count). The number of nitrogens with zero attached hydrogens (tertiary/aromatic N) is 7. The van der Waals surface area contributed by atoms with Crippen LogP contribution in [-0.2, 0) is 4.79 Å². The number of nitrogens with two attached hydrogens (primary N) is 1. The molecule has 1 aromatic carbocycles. The Morgan fingerprint density at radius 3 is 2.73 bits per heavy atom. The lowest BCUT2D eigenvalue weighted by Gasteiger charge is -2.36. The van der Waals surface area contributed by atoms with Gasteiger partial charge in [0, 0.05) is 58.4 Å². The van der Waals surface area contributed by atoms with E-state index in [4.69, 9.17) is 20.0 Å². The van der Waals surface area contributed by atoms with E-state index in [9.17, 15) is 9.18 Å². The molecule has 1 aliphatic heterocycles. The van der Waals surface area contributed by atoms with Crippen LogP contribution in [0, 0.1) is 5.82 Å². The van der Waals surface area contributed by atoms with Gasteiger partial charge in [-0.3, -0.25) is 4.90 Å². The molecular weight excluding hydrogens is 483 g/mol. The van der Waals surface area contributed by atoms with Crippen molar-refractivity contribution in [1.29, 1.82) is 0 Å². The van der Waals surface area contributed by atoms with Crippen molar-refractivity contribution in [3.63, 3.8) is 0 Å². The van der Waals surface area contributed by atoms with Gasteiger partial charge in [0.15, 0.2) is 18.0 Å². The van der Waals surface area contributed by atoms with Gasteiger partial charge in [0.25, 0.3) is 0 Å². The molecule has 0 radical (unpaired) electrons. The molecule has 0 spiro atoms. The number of ether oxygens (including phenoxy) is 1. The number of furan rings is 1. The molecule has 12 nitrogen and oxygen atoms in total. The molecule has 4 aromatic rings. The molecule has 194 valence electrons. The molecule has 13 heteroatoms. The van der Waals surface area contributed by atoms with Crippen LogP contribution in [0.3, 0.4) is 0 Å². The van der Waals surface area contributed by atoms with E-state index in [-0.39, 0.29) is 11.7 Å². The number of piperazine rings is 1. The summed E-state index contributed by atoms with van der Waals surface area (Å²) in [6.07, 6.45) is 1.58. The quantitative estimate of drug-likeness (QED) is 0.341. The molecule has 1 saturated heterocycles. The Kier molecular flexibility index (Phi) is 6.77. The molecule has 3 aromatic heterocycles. The van der Waals surface area contributed by atoms with Crippen molar-refractivity contribution in [3.8, 4) is 17.2 Å². The van der Waals surface area contributed by atoms with Crippen LogP contribution in [0.4, 0.5) is 22.0 Å². The van der Waals surface area contributed by atoms with Crippen LogP contribution < -0.4 is 20.3 Å². The average molecular weight is 511 g/mol. The second-order valence-corrected chi connectivity index (χ2v) is 8.70. The minimum atomic E-state index is -1.11. The Balaban J connectivity index is 1.15. The van der Waals surface area contributed by atoms with Crippen molar-refractivity contribution in [2.24, 2.45) is 0 Å². The van der Waals surface area contributed by atoms with Gasteiger partial charge in [-0.2, -0.15) is 19.6 Å². The molecule has 1 fully saturated rings. The Bertz CT molecular complexity index is 1390. The van der Waals surface area contributed by atoms with Crippen molar-refractivity contribution in [1.82, 2.24) is 24.5 Å². The highest BCUT2D eigenvalue weighted by Gasteiger charge is 2.21. The van der Waals surface area contributed by atoms with Crippen molar-refractivity contribution in [2.75, 3.05) is 68.5 Å². The zero-order chi connectivity index (χ0) is 25.9. The van der Waals surface area contributed by atoms with E-state index in [0.717, 1.165) is 19.6 Å². The van der Waals surface area contributed by atoms with Crippen LogP contribution in [0.15, 0.2) is 47.1 Å². The van der Waals surface area contributed by atoms with Gasteiger partial charge in [0.2, 0.25) is 11.9 Å². The van der Waals surface area contributed by atoms with Crippen LogP contribution in [0.1, 0.15) is 0 Å². The molecule has 0 amide bonds. The molecule has 1 aliphatic rings. The summed E-state index contributed by atoms with van der Waals surface area (Å²) in [6, 6.07) is 9.85. The fourth-order valence-electron chi connectivity index (χ4n) is 4.19. The van der Waals surface area contributed by atoms with Crippen molar-refractivity contribution in [2.45, 2.75) is 0 Å². The number of benzene rings is 1. The third-order valence-corrected chi connectivity index (χ3v) is 6.20. The fraction of sp³-hybridized carbons (Fsp3) is 0.333. The number of anilines is 3. The molecule has 4 heterocycles. The van der Waals surface area contributed by atoms with Crippen LogP contribution in [0.25, 0.3) is 17.1 Å². The van der Waals surface area contributed by atoms with Gasteiger partial charge < -0.3 is 29.8 Å². The Morgan fingerprint density at radius 2 is 2.03 bits per heavy atom. The summed E-state index contributed by atoms with van der Waals surface area (Å²) in [5, 5.41) is 13.1. The molecule has 0 bridgehead atoms. The largest absolute Gasteiger partial charge is 0.482 e. The number of hydrogen-bond donors (Lipinski definition) is 2. The van der Waals surface area contributed by atoms with Gasteiger partial charge in [-0.25, -0.2) is 9.18 Å². The lowest BCUT2D eigenvalue weighted by Crippen LogP contribution is -2.48. The first-order valence-electron chi connectivity index (χ1n) is 11.8. The van der Waals surface area contributed by atoms with E-state index >= 15 is 0 Å². The van der Waals surface area contributed by atoms with Crippen molar-refractivity contribution in [3.05, 3.63) is 48.5 Å². The summed E-state index contributed by atoms with van der Waals surface area (Å²) >= 11 is 0. The van der Waals surface area contributed by atoms with Gasteiger partial charge in [0.05, 0.1) is 12.0 Å². The number of halogens is 1. The SMILES string of the molecule is CN(CCN1CCN(c2ccc(OCC(=O)O)cc2F)CC1)c1nc(N)n2nc(-c3ccco3)cc2n1. The van der Waals surface area contributed by atoms with Gasteiger partial charge in [-0.1, -0.05) is 0 Å². The predicted octanol–water partition coefficient (Wildman–Crippen LogP) is 1.83. The minimum Gasteiger partial charge on any atom is -0.482 e. The summed E-state index contributed by atoms with van der Waals surface area (Å²) in [7, 11) is 1.91. The molecule has 3 N–H and O–H groups in total. The standard InChI is InChI=1S/C24H27FN8O4/c1-30(24-27-21-14-18(20-3-2-12-36-20)29-33(21)23(26)28-24)6-7-31-8-10-32(11-9-31)19-5-4-16(13-17(19)25)37-15-22(34)35/h2-5,12-14H,6-11,15H2,1H3,(H,34,35)(H2,26,27,28). The van der Waals surface area contributed by atoms with Crippen LogP contribution in [0.2, 0.25) is 0 Å². The zero-order valence-electron chi connectivity index (χ0n) is 20.2. The predicted molar refractivity (Wildman–Crippen MR) is 134 cm³/mol. The summed E-state index contributed by atoms with van der Waals surface area (Å²) in [5.41, 5.74) is 7.82. The number of carbonyl (C=O) groups is 1. The second-order valence-electron chi connectivity index (χ2n) is 8.70. The monoisotopic (exact) mass is 510 g/mol. The van der Waals surface area contributed by atoms with Crippen molar-refractivity contribution >= 4 is 29.2 Å². The fourth-order valence-corrected chi connectivity index (χ4v) is 4.19. The maximum Gasteiger partial charge on any atom is 0.341 e.